The van der Waals surface area contributed by atoms with Gasteiger partial charge in [0.05, 0.1) is 0 Å². The molecule has 1 aliphatic heterocycles. The minimum Gasteiger partial charge on any atom is -0.480 e. The Morgan fingerprint density at radius 1 is 1.32 bits per heavy atom. The van der Waals surface area contributed by atoms with Crippen LogP contribution in [0.2, 0.25) is 0 Å². The molecule has 102 valence electrons. The number of carbonyl (C=O) groups is 2. The Labute approximate surface area is 112 Å². The quantitative estimate of drug-likeness (QED) is 0.873. The van der Waals surface area contributed by atoms with Crippen molar-refractivity contribution in [3.8, 4) is 0 Å². The zero-order valence-electron chi connectivity index (χ0n) is 11.1. The fourth-order valence-electron chi connectivity index (χ4n) is 2.27. The Morgan fingerprint density at radius 3 is 2.63 bits per heavy atom. The van der Waals surface area contributed by atoms with Crippen LogP contribution >= 0.6 is 0 Å². The van der Waals surface area contributed by atoms with Crippen molar-refractivity contribution in [3.05, 3.63) is 29.8 Å². The van der Waals surface area contributed by atoms with Crippen molar-refractivity contribution in [1.82, 2.24) is 5.32 Å². The first-order valence-electron chi connectivity index (χ1n) is 6.39. The molecule has 1 aliphatic rings. The fraction of sp³-hybridized carbons (Fsp3) is 0.429. The second kappa shape index (κ2) is 5.30. The van der Waals surface area contributed by atoms with Crippen molar-refractivity contribution in [2.24, 2.45) is 5.92 Å². The lowest BCUT2D eigenvalue weighted by Crippen LogP contribution is -2.49. The van der Waals surface area contributed by atoms with Gasteiger partial charge >= 0.3 is 12.0 Å². The molecule has 2 N–H and O–H groups in total. The second-order valence-corrected chi connectivity index (χ2v) is 5.04. The van der Waals surface area contributed by atoms with E-state index in [1.54, 1.807) is 18.7 Å². The molecule has 19 heavy (non-hydrogen) atoms. The maximum Gasteiger partial charge on any atom is 0.326 e. The topological polar surface area (TPSA) is 69.6 Å². The van der Waals surface area contributed by atoms with Crippen molar-refractivity contribution in [3.63, 3.8) is 0 Å². The van der Waals surface area contributed by atoms with Gasteiger partial charge in [0.1, 0.15) is 6.04 Å². The van der Waals surface area contributed by atoms with Gasteiger partial charge in [0, 0.05) is 12.2 Å². The second-order valence-electron chi connectivity index (χ2n) is 5.04. The Hall–Kier alpha value is -2.04. The Bertz CT molecular complexity index is 499. The molecule has 1 heterocycles. The first-order chi connectivity index (χ1) is 9.00. The first kappa shape index (κ1) is 13.4. The number of carboxylic acid groups (broad SMARTS) is 1. The zero-order chi connectivity index (χ0) is 14.0. The third-order valence-corrected chi connectivity index (χ3v) is 3.34. The van der Waals surface area contributed by atoms with Crippen molar-refractivity contribution in [1.29, 1.82) is 0 Å². The summed E-state index contributed by atoms with van der Waals surface area (Å²) in [6.07, 6.45) is 0.809. The van der Waals surface area contributed by atoms with Gasteiger partial charge in [-0.25, -0.2) is 9.59 Å². The maximum absolute atomic E-state index is 12.2. The number of aliphatic carboxylic acids is 1. The van der Waals surface area contributed by atoms with E-state index in [9.17, 15) is 9.59 Å². The van der Waals surface area contributed by atoms with Crippen LogP contribution in [0.5, 0.6) is 0 Å². The number of amides is 2. The number of para-hydroxylation sites is 1. The third kappa shape index (κ3) is 2.70. The maximum atomic E-state index is 12.2. The van der Waals surface area contributed by atoms with Gasteiger partial charge in [-0.2, -0.15) is 0 Å². The van der Waals surface area contributed by atoms with E-state index in [1.807, 2.05) is 24.3 Å². The van der Waals surface area contributed by atoms with E-state index in [1.165, 1.54) is 0 Å². The zero-order valence-corrected chi connectivity index (χ0v) is 11.1. The standard InChI is InChI=1S/C14H18N2O3/c1-9(2)12(13(17)18)15-14(19)16-8-7-10-5-3-4-6-11(10)16/h3-6,9,12H,7-8H2,1-2H3,(H,15,19)(H,17,18). The Kier molecular flexibility index (Phi) is 3.74. The largest absolute Gasteiger partial charge is 0.480 e. The first-order valence-corrected chi connectivity index (χ1v) is 6.39. The van der Waals surface area contributed by atoms with E-state index in [-0.39, 0.29) is 11.9 Å². The average molecular weight is 262 g/mol. The summed E-state index contributed by atoms with van der Waals surface area (Å²) in [6.45, 7) is 4.14. The van der Waals surface area contributed by atoms with E-state index < -0.39 is 12.0 Å². The normalized spacial score (nSPS) is 15.2. The Balaban J connectivity index is 2.12. The molecule has 1 atom stereocenters. The number of nitrogens with zero attached hydrogens (tertiary/aromatic N) is 1. The summed E-state index contributed by atoms with van der Waals surface area (Å²) in [5, 5.41) is 11.7. The van der Waals surface area contributed by atoms with E-state index in [2.05, 4.69) is 5.32 Å². The van der Waals surface area contributed by atoms with Crippen LogP contribution in [0.15, 0.2) is 24.3 Å². The highest BCUT2D eigenvalue weighted by Gasteiger charge is 2.29. The lowest BCUT2D eigenvalue weighted by molar-refractivity contribution is -0.140. The molecular formula is C14H18N2O3. The van der Waals surface area contributed by atoms with Crippen LogP contribution in [0.4, 0.5) is 10.5 Å². The predicted molar refractivity (Wildman–Crippen MR) is 72.3 cm³/mol. The number of carbonyl (C=O) groups excluding carboxylic acids is 1. The van der Waals surface area contributed by atoms with Crippen LogP contribution in [0.1, 0.15) is 19.4 Å². The van der Waals surface area contributed by atoms with E-state index in [0.29, 0.717) is 6.54 Å². The van der Waals surface area contributed by atoms with Gasteiger partial charge in [-0.15, -0.1) is 0 Å². The van der Waals surface area contributed by atoms with Gasteiger partial charge in [0.25, 0.3) is 0 Å². The summed E-state index contributed by atoms with van der Waals surface area (Å²) < 4.78 is 0. The fourth-order valence-corrected chi connectivity index (χ4v) is 2.27. The molecule has 1 aromatic rings. The number of rotatable bonds is 3. The van der Waals surface area contributed by atoms with E-state index >= 15 is 0 Å². The van der Waals surface area contributed by atoms with Gasteiger partial charge < -0.3 is 10.4 Å². The Morgan fingerprint density at radius 2 is 2.00 bits per heavy atom. The molecule has 5 nitrogen and oxygen atoms in total. The highest BCUT2D eigenvalue weighted by atomic mass is 16.4. The highest BCUT2D eigenvalue weighted by Crippen LogP contribution is 2.27. The molecule has 0 saturated carbocycles. The molecule has 1 aromatic carbocycles. The van der Waals surface area contributed by atoms with Crippen LogP contribution in [-0.2, 0) is 11.2 Å². The molecule has 0 saturated heterocycles. The molecule has 0 aromatic heterocycles. The summed E-state index contributed by atoms with van der Waals surface area (Å²) in [5.41, 5.74) is 1.99. The van der Waals surface area contributed by atoms with Gasteiger partial charge in [-0.3, -0.25) is 4.90 Å². The summed E-state index contributed by atoms with van der Waals surface area (Å²) in [7, 11) is 0. The lowest BCUT2D eigenvalue weighted by atomic mass is 10.1. The van der Waals surface area contributed by atoms with Crippen molar-refractivity contribution in [2.75, 3.05) is 11.4 Å². The minimum absolute atomic E-state index is 0.153. The van der Waals surface area contributed by atoms with E-state index in [0.717, 1.165) is 17.7 Å². The molecule has 1 unspecified atom stereocenters. The summed E-state index contributed by atoms with van der Waals surface area (Å²) in [4.78, 5) is 24.9. The van der Waals surface area contributed by atoms with Gasteiger partial charge in [0.15, 0.2) is 0 Å². The number of hydrogen-bond donors (Lipinski definition) is 2. The van der Waals surface area contributed by atoms with Crippen LogP contribution < -0.4 is 10.2 Å². The molecule has 2 rings (SSSR count). The van der Waals surface area contributed by atoms with Crippen molar-refractivity contribution < 1.29 is 14.7 Å². The lowest BCUT2D eigenvalue weighted by Gasteiger charge is -2.23. The van der Waals surface area contributed by atoms with Crippen molar-refractivity contribution >= 4 is 17.7 Å². The van der Waals surface area contributed by atoms with Crippen LogP contribution in [0.3, 0.4) is 0 Å². The minimum atomic E-state index is -1.00. The average Bonchev–Trinajstić information content (AvgIpc) is 2.78. The molecule has 0 aliphatic carbocycles. The number of anilines is 1. The molecule has 0 spiro atoms. The molecule has 0 bridgehead atoms. The van der Waals surface area contributed by atoms with Crippen LogP contribution in [0.25, 0.3) is 0 Å². The van der Waals surface area contributed by atoms with Crippen molar-refractivity contribution in [2.45, 2.75) is 26.3 Å². The predicted octanol–water partition coefficient (Wildman–Crippen LogP) is 1.87. The van der Waals surface area contributed by atoms with Crippen LogP contribution in [0, 0.1) is 5.92 Å². The number of fused-ring (bicyclic) bond motifs is 1. The number of benzene rings is 1. The summed E-state index contributed by atoms with van der Waals surface area (Å²) >= 11 is 0. The van der Waals surface area contributed by atoms with Crippen LogP contribution in [-0.4, -0.2) is 29.7 Å². The van der Waals surface area contributed by atoms with Gasteiger partial charge in [-0.1, -0.05) is 32.0 Å². The smallest absolute Gasteiger partial charge is 0.326 e. The third-order valence-electron chi connectivity index (χ3n) is 3.34. The van der Waals surface area contributed by atoms with Gasteiger partial charge in [0.2, 0.25) is 0 Å². The number of urea groups is 1. The molecule has 0 fully saturated rings. The molecule has 5 heteroatoms. The SMILES string of the molecule is CC(C)C(NC(=O)N1CCc2ccccc21)C(=O)O. The number of nitrogens with one attached hydrogen (secondary N) is 1. The summed E-state index contributed by atoms with van der Waals surface area (Å²) in [5.74, 6) is -1.16. The summed E-state index contributed by atoms with van der Waals surface area (Å²) in [6, 6.07) is 6.48. The van der Waals surface area contributed by atoms with Gasteiger partial charge in [-0.05, 0) is 24.0 Å². The molecular weight excluding hydrogens is 244 g/mol. The molecule has 2 amide bonds. The number of hydrogen-bond acceptors (Lipinski definition) is 2. The highest BCUT2D eigenvalue weighted by molar-refractivity contribution is 5.96. The molecule has 0 radical (unpaired) electrons. The van der Waals surface area contributed by atoms with E-state index in [4.69, 9.17) is 5.11 Å². The monoisotopic (exact) mass is 262 g/mol. The number of carboxylic acids is 1.